The summed E-state index contributed by atoms with van der Waals surface area (Å²) in [5, 5.41) is 6.84. The molecule has 1 N–H and O–H groups in total. The number of amides is 2. The molecule has 122 valence electrons. The Bertz CT molecular complexity index is 685. The molecule has 0 bridgehead atoms. The zero-order valence-corrected chi connectivity index (χ0v) is 13.3. The van der Waals surface area contributed by atoms with Crippen molar-refractivity contribution in [2.24, 2.45) is 0 Å². The highest BCUT2D eigenvalue weighted by Crippen LogP contribution is 2.32. The number of nitrogens with zero attached hydrogens (tertiary/aromatic N) is 3. The Morgan fingerprint density at radius 2 is 2.43 bits per heavy atom. The molecule has 1 atom stereocenters. The van der Waals surface area contributed by atoms with Gasteiger partial charge in [0.2, 0.25) is 5.88 Å². The zero-order valence-electron chi connectivity index (χ0n) is 13.3. The molecule has 2 aromatic heterocycles. The predicted octanol–water partition coefficient (Wildman–Crippen LogP) is 2.43. The lowest BCUT2D eigenvalue weighted by atomic mass is 10.1. The summed E-state index contributed by atoms with van der Waals surface area (Å²) < 4.78 is 10.5. The minimum atomic E-state index is -0.118. The number of likely N-dealkylation sites (tertiary alicyclic amines) is 1. The van der Waals surface area contributed by atoms with Crippen molar-refractivity contribution in [1.82, 2.24) is 20.4 Å². The summed E-state index contributed by atoms with van der Waals surface area (Å²) in [4.78, 5) is 18.4. The van der Waals surface area contributed by atoms with Gasteiger partial charge in [0.25, 0.3) is 0 Å². The van der Waals surface area contributed by atoms with Crippen LogP contribution in [0.15, 0.2) is 28.9 Å². The van der Waals surface area contributed by atoms with Crippen molar-refractivity contribution in [3.05, 3.63) is 41.4 Å². The summed E-state index contributed by atoms with van der Waals surface area (Å²) in [5.41, 5.74) is 1.67. The second kappa shape index (κ2) is 6.68. The average molecular weight is 316 g/mol. The third kappa shape index (κ3) is 3.28. The number of pyridine rings is 1. The minimum Gasteiger partial charge on any atom is -0.481 e. The SMILES string of the molecule is COc1ncccc1CNC(=O)N1CCC[C@@H]1c1cc(C)no1. The molecule has 0 spiro atoms. The maximum absolute atomic E-state index is 12.5. The number of rotatable bonds is 4. The Hall–Kier alpha value is -2.57. The summed E-state index contributed by atoms with van der Waals surface area (Å²) in [6.45, 7) is 2.95. The minimum absolute atomic E-state index is 0.0491. The van der Waals surface area contributed by atoms with Gasteiger partial charge in [-0.1, -0.05) is 11.2 Å². The van der Waals surface area contributed by atoms with Crippen LogP contribution in [0, 0.1) is 6.92 Å². The van der Waals surface area contributed by atoms with Gasteiger partial charge in [0.05, 0.1) is 18.8 Å². The quantitative estimate of drug-likeness (QED) is 0.937. The average Bonchev–Trinajstić information content (AvgIpc) is 3.21. The van der Waals surface area contributed by atoms with Crippen LogP contribution >= 0.6 is 0 Å². The molecule has 0 saturated carbocycles. The van der Waals surface area contributed by atoms with Crippen molar-refractivity contribution >= 4 is 6.03 Å². The van der Waals surface area contributed by atoms with Gasteiger partial charge in [0.15, 0.2) is 5.76 Å². The molecule has 1 saturated heterocycles. The molecule has 1 aliphatic rings. The van der Waals surface area contributed by atoms with Crippen LogP contribution < -0.4 is 10.1 Å². The number of ether oxygens (including phenoxy) is 1. The number of carbonyl (C=O) groups is 1. The second-order valence-corrected chi connectivity index (χ2v) is 5.55. The van der Waals surface area contributed by atoms with E-state index in [9.17, 15) is 4.79 Å². The van der Waals surface area contributed by atoms with Crippen molar-refractivity contribution in [2.45, 2.75) is 32.4 Å². The van der Waals surface area contributed by atoms with E-state index in [0.717, 1.165) is 29.9 Å². The van der Waals surface area contributed by atoms with E-state index in [1.807, 2.05) is 25.1 Å². The summed E-state index contributed by atoms with van der Waals surface area (Å²) >= 11 is 0. The molecular formula is C16H20N4O3. The van der Waals surface area contributed by atoms with Crippen molar-refractivity contribution < 1.29 is 14.1 Å². The van der Waals surface area contributed by atoms with Crippen molar-refractivity contribution in [3.63, 3.8) is 0 Å². The molecule has 23 heavy (non-hydrogen) atoms. The predicted molar refractivity (Wildman–Crippen MR) is 82.9 cm³/mol. The lowest BCUT2D eigenvalue weighted by Crippen LogP contribution is -2.39. The maximum Gasteiger partial charge on any atom is 0.318 e. The number of urea groups is 1. The summed E-state index contributed by atoms with van der Waals surface area (Å²) in [6.07, 6.45) is 3.50. The van der Waals surface area contributed by atoms with E-state index in [2.05, 4.69) is 15.5 Å². The first-order chi connectivity index (χ1) is 11.2. The maximum atomic E-state index is 12.5. The lowest BCUT2D eigenvalue weighted by Gasteiger charge is -2.23. The fraction of sp³-hybridized carbons (Fsp3) is 0.438. The van der Waals surface area contributed by atoms with E-state index in [0.29, 0.717) is 19.0 Å². The Morgan fingerprint density at radius 3 is 3.17 bits per heavy atom. The second-order valence-electron chi connectivity index (χ2n) is 5.55. The van der Waals surface area contributed by atoms with Crippen molar-refractivity contribution in [2.75, 3.05) is 13.7 Å². The van der Waals surface area contributed by atoms with E-state index in [1.54, 1.807) is 18.2 Å². The molecule has 0 radical (unpaired) electrons. The summed E-state index contributed by atoms with van der Waals surface area (Å²) in [5.74, 6) is 1.27. The number of aromatic nitrogens is 2. The molecule has 3 rings (SSSR count). The molecular weight excluding hydrogens is 296 g/mol. The topological polar surface area (TPSA) is 80.5 Å². The largest absolute Gasteiger partial charge is 0.481 e. The Labute approximate surface area is 134 Å². The zero-order chi connectivity index (χ0) is 16.2. The summed E-state index contributed by atoms with van der Waals surface area (Å²) in [7, 11) is 1.57. The van der Waals surface area contributed by atoms with Gasteiger partial charge < -0.3 is 19.5 Å². The summed E-state index contributed by atoms with van der Waals surface area (Å²) in [6, 6.07) is 5.42. The first-order valence-electron chi connectivity index (χ1n) is 7.64. The van der Waals surface area contributed by atoms with Gasteiger partial charge >= 0.3 is 6.03 Å². The van der Waals surface area contributed by atoms with Gasteiger partial charge in [0, 0.05) is 30.9 Å². The number of carbonyl (C=O) groups excluding carboxylic acids is 1. The van der Waals surface area contributed by atoms with Crippen LogP contribution in [0.5, 0.6) is 5.88 Å². The molecule has 0 aliphatic carbocycles. The van der Waals surface area contributed by atoms with Crippen LogP contribution in [0.25, 0.3) is 0 Å². The van der Waals surface area contributed by atoms with Crippen LogP contribution in [0.4, 0.5) is 4.79 Å². The van der Waals surface area contributed by atoms with E-state index in [1.165, 1.54) is 0 Å². The number of methoxy groups -OCH3 is 1. The molecule has 2 amide bonds. The highest BCUT2D eigenvalue weighted by Gasteiger charge is 2.32. The van der Waals surface area contributed by atoms with Gasteiger partial charge in [0.1, 0.15) is 0 Å². The Balaban J connectivity index is 1.65. The normalized spacial score (nSPS) is 17.3. The lowest BCUT2D eigenvalue weighted by molar-refractivity contribution is 0.182. The highest BCUT2D eigenvalue weighted by molar-refractivity contribution is 5.75. The van der Waals surface area contributed by atoms with E-state index >= 15 is 0 Å². The van der Waals surface area contributed by atoms with E-state index in [-0.39, 0.29) is 12.1 Å². The fourth-order valence-electron chi connectivity index (χ4n) is 2.86. The smallest absolute Gasteiger partial charge is 0.318 e. The van der Waals surface area contributed by atoms with Gasteiger partial charge in [-0.2, -0.15) is 0 Å². The van der Waals surface area contributed by atoms with Crippen LogP contribution in [-0.4, -0.2) is 34.7 Å². The van der Waals surface area contributed by atoms with Gasteiger partial charge in [-0.25, -0.2) is 9.78 Å². The molecule has 2 aromatic rings. The third-order valence-corrected chi connectivity index (χ3v) is 3.96. The van der Waals surface area contributed by atoms with E-state index in [4.69, 9.17) is 9.26 Å². The van der Waals surface area contributed by atoms with Crippen LogP contribution in [-0.2, 0) is 6.54 Å². The first-order valence-corrected chi connectivity index (χ1v) is 7.64. The molecule has 7 nitrogen and oxygen atoms in total. The van der Waals surface area contributed by atoms with Gasteiger partial charge in [-0.3, -0.25) is 0 Å². The monoisotopic (exact) mass is 316 g/mol. The Morgan fingerprint density at radius 1 is 1.57 bits per heavy atom. The standard InChI is InChI=1S/C16H20N4O3/c1-11-9-14(23-19-11)13-6-4-8-20(13)16(21)18-10-12-5-3-7-17-15(12)22-2/h3,5,7,9,13H,4,6,8,10H2,1-2H3,(H,18,21)/t13-/m1/s1. The molecule has 0 unspecified atom stereocenters. The van der Waals surface area contributed by atoms with Crippen LogP contribution in [0.1, 0.15) is 35.9 Å². The first kappa shape index (κ1) is 15.3. The van der Waals surface area contributed by atoms with Crippen LogP contribution in [0.2, 0.25) is 0 Å². The number of aryl methyl sites for hydroxylation is 1. The number of hydrogen-bond donors (Lipinski definition) is 1. The molecule has 1 aliphatic heterocycles. The highest BCUT2D eigenvalue weighted by atomic mass is 16.5. The number of hydrogen-bond acceptors (Lipinski definition) is 5. The van der Waals surface area contributed by atoms with Crippen molar-refractivity contribution in [1.29, 1.82) is 0 Å². The fourth-order valence-corrected chi connectivity index (χ4v) is 2.86. The Kier molecular flexibility index (Phi) is 4.45. The van der Waals surface area contributed by atoms with Gasteiger partial charge in [-0.15, -0.1) is 0 Å². The van der Waals surface area contributed by atoms with Gasteiger partial charge in [-0.05, 0) is 25.8 Å². The van der Waals surface area contributed by atoms with E-state index < -0.39 is 0 Å². The van der Waals surface area contributed by atoms with Crippen molar-refractivity contribution in [3.8, 4) is 5.88 Å². The number of nitrogens with one attached hydrogen (secondary N) is 1. The molecule has 1 fully saturated rings. The molecule has 3 heterocycles. The van der Waals surface area contributed by atoms with Crippen LogP contribution in [0.3, 0.4) is 0 Å². The molecule has 7 heteroatoms. The third-order valence-electron chi connectivity index (χ3n) is 3.96. The molecule has 0 aromatic carbocycles.